The molecule has 94 valence electrons. The number of rotatable bonds is 4. The van der Waals surface area contributed by atoms with E-state index in [1.165, 1.54) is 11.5 Å². The number of carbonyl (C=O) groups is 1. The quantitative estimate of drug-likeness (QED) is 0.796. The molecule has 0 spiro atoms. The number of ether oxygens (including phenoxy) is 1. The first kappa shape index (κ1) is 13.2. The molecular weight excluding hydrogens is 316 g/mol. The highest BCUT2D eigenvalue weighted by atomic mass is 79.9. The molecule has 2 rings (SSSR count). The van der Waals surface area contributed by atoms with Crippen LogP contribution >= 0.6 is 27.5 Å². The van der Waals surface area contributed by atoms with E-state index >= 15 is 0 Å². The number of nitrogens with zero attached hydrogens (tertiary/aromatic N) is 2. The Hall–Kier alpha value is -1.27. The molecule has 0 aliphatic rings. The molecule has 0 bridgehead atoms. The first-order valence-corrected chi connectivity index (χ1v) is 6.93. The van der Waals surface area contributed by atoms with Gasteiger partial charge in [0.05, 0.1) is 4.47 Å². The molecule has 0 atom stereocenters. The summed E-state index contributed by atoms with van der Waals surface area (Å²) in [5.41, 5.74) is 0.592. The number of hydrogen-bond acceptors (Lipinski definition) is 5. The second-order valence-electron chi connectivity index (χ2n) is 3.98. The van der Waals surface area contributed by atoms with Crippen molar-refractivity contribution < 1.29 is 9.53 Å². The highest BCUT2D eigenvalue weighted by Crippen LogP contribution is 2.31. The third-order valence-corrected chi connectivity index (χ3v) is 3.46. The van der Waals surface area contributed by atoms with Crippen molar-refractivity contribution in [1.82, 2.24) is 9.36 Å². The Bertz CT molecular complexity index is 569. The standard InChI is InChI=1S/C12H11BrN2O2S/c1-7(2)11-14-12(18-15-11)17-10-4-3-8(6-16)5-9(10)13/h3-7H,1-2H3. The van der Waals surface area contributed by atoms with Crippen LogP contribution in [0.1, 0.15) is 35.9 Å². The van der Waals surface area contributed by atoms with Gasteiger partial charge in [0.15, 0.2) is 0 Å². The van der Waals surface area contributed by atoms with Crippen molar-refractivity contribution in [3.63, 3.8) is 0 Å². The van der Waals surface area contributed by atoms with E-state index in [1.54, 1.807) is 18.2 Å². The fourth-order valence-corrected chi connectivity index (χ4v) is 2.43. The summed E-state index contributed by atoms with van der Waals surface area (Å²) in [5.74, 6) is 1.67. The molecule has 0 N–H and O–H groups in total. The third kappa shape index (κ3) is 2.94. The van der Waals surface area contributed by atoms with Crippen molar-refractivity contribution in [3.05, 3.63) is 34.1 Å². The molecule has 6 heteroatoms. The monoisotopic (exact) mass is 326 g/mol. The Morgan fingerprint density at radius 3 is 2.78 bits per heavy atom. The van der Waals surface area contributed by atoms with Gasteiger partial charge < -0.3 is 4.74 Å². The lowest BCUT2D eigenvalue weighted by Gasteiger charge is -2.04. The number of aldehydes is 1. The second kappa shape index (κ2) is 5.58. The van der Waals surface area contributed by atoms with Crippen LogP contribution in [0.3, 0.4) is 0 Å². The van der Waals surface area contributed by atoms with Crippen molar-refractivity contribution in [2.45, 2.75) is 19.8 Å². The Morgan fingerprint density at radius 2 is 2.22 bits per heavy atom. The highest BCUT2D eigenvalue weighted by molar-refractivity contribution is 9.10. The molecule has 1 aromatic carbocycles. The minimum Gasteiger partial charge on any atom is -0.429 e. The predicted octanol–water partition coefficient (Wildman–Crippen LogP) is 4.03. The minimum absolute atomic E-state index is 0.277. The Labute approximate surface area is 117 Å². The van der Waals surface area contributed by atoms with Gasteiger partial charge in [-0.15, -0.1) is 0 Å². The maximum Gasteiger partial charge on any atom is 0.298 e. The Kier molecular flexibility index (Phi) is 4.08. The zero-order valence-electron chi connectivity index (χ0n) is 9.88. The smallest absolute Gasteiger partial charge is 0.298 e. The van der Waals surface area contributed by atoms with E-state index < -0.39 is 0 Å². The third-order valence-electron chi connectivity index (χ3n) is 2.23. The molecule has 1 aromatic heterocycles. The molecule has 0 aliphatic carbocycles. The van der Waals surface area contributed by atoms with Crippen molar-refractivity contribution >= 4 is 33.7 Å². The Morgan fingerprint density at radius 1 is 1.44 bits per heavy atom. The van der Waals surface area contributed by atoms with E-state index in [-0.39, 0.29) is 5.92 Å². The molecule has 0 saturated carbocycles. The summed E-state index contributed by atoms with van der Waals surface area (Å²) in [6.45, 7) is 4.06. The van der Waals surface area contributed by atoms with Crippen LogP contribution in [0.4, 0.5) is 0 Å². The molecule has 18 heavy (non-hydrogen) atoms. The molecule has 0 aliphatic heterocycles. The molecule has 0 fully saturated rings. The summed E-state index contributed by atoms with van der Waals surface area (Å²) in [5, 5.41) is 0.498. The summed E-state index contributed by atoms with van der Waals surface area (Å²) in [6, 6.07) is 5.12. The van der Waals surface area contributed by atoms with E-state index in [1.807, 2.05) is 13.8 Å². The van der Waals surface area contributed by atoms with Crippen LogP contribution in [-0.2, 0) is 0 Å². The van der Waals surface area contributed by atoms with Crippen LogP contribution in [-0.4, -0.2) is 15.6 Å². The Balaban J connectivity index is 2.20. The zero-order valence-corrected chi connectivity index (χ0v) is 12.3. The summed E-state index contributed by atoms with van der Waals surface area (Å²) in [7, 11) is 0. The zero-order chi connectivity index (χ0) is 13.1. The first-order valence-electron chi connectivity index (χ1n) is 5.36. The lowest BCUT2D eigenvalue weighted by Crippen LogP contribution is -1.91. The molecule has 0 radical (unpaired) electrons. The van der Waals surface area contributed by atoms with E-state index in [4.69, 9.17) is 4.74 Å². The van der Waals surface area contributed by atoms with Crippen LogP contribution in [0.5, 0.6) is 10.9 Å². The molecule has 4 nitrogen and oxygen atoms in total. The van der Waals surface area contributed by atoms with Gasteiger partial charge >= 0.3 is 0 Å². The average molecular weight is 327 g/mol. The highest BCUT2D eigenvalue weighted by Gasteiger charge is 2.11. The number of halogens is 1. The predicted molar refractivity (Wildman–Crippen MR) is 73.6 cm³/mol. The number of carbonyl (C=O) groups excluding carboxylic acids is 1. The SMILES string of the molecule is CC(C)c1nsc(Oc2ccc(C=O)cc2Br)n1. The van der Waals surface area contributed by atoms with Gasteiger partial charge in [-0.1, -0.05) is 13.8 Å². The summed E-state index contributed by atoms with van der Waals surface area (Å²) in [6.07, 6.45) is 0.788. The van der Waals surface area contributed by atoms with Gasteiger partial charge in [-0.3, -0.25) is 4.79 Å². The first-order chi connectivity index (χ1) is 8.60. The maximum atomic E-state index is 10.6. The van der Waals surface area contributed by atoms with Crippen LogP contribution in [0.2, 0.25) is 0 Å². The van der Waals surface area contributed by atoms with Gasteiger partial charge in [0.2, 0.25) is 0 Å². The maximum absolute atomic E-state index is 10.6. The normalized spacial score (nSPS) is 10.7. The van der Waals surface area contributed by atoms with Crippen molar-refractivity contribution in [1.29, 1.82) is 0 Å². The van der Waals surface area contributed by atoms with Crippen LogP contribution < -0.4 is 4.74 Å². The molecular formula is C12H11BrN2O2S. The molecule has 1 heterocycles. The van der Waals surface area contributed by atoms with E-state index in [2.05, 4.69) is 25.3 Å². The fraction of sp³-hybridized carbons (Fsp3) is 0.250. The van der Waals surface area contributed by atoms with Crippen molar-refractivity contribution in [3.8, 4) is 10.9 Å². The van der Waals surface area contributed by atoms with Gasteiger partial charge in [-0.25, -0.2) is 0 Å². The van der Waals surface area contributed by atoms with Crippen molar-refractivity contribution in [2.24, 2.45) is 0 Å². The molecule has 0 amide bonds. The molecule has 0 unspecified atom stereocenters. The van der Waals surface area contributed by atoms with Crippen LogP contribution in [0, 0.1) is 0 Å². The van der Waals surface area contributed by atoms with Gasteiger partial charge in [-0.05, 0) is 34.1 Å². The average Bonchev–Trinajstić information content (AvgIpc) is 2.80. The van der Waals surface area contributed by atoms with E-state index in [0.29, 0.717) is 21.0 Å². The molecule has 2 aromatic rings. The van der Waals surface area contributed by atoms with Gasteiger partial charge in [0.1, 0.15) is 17.9 Å². The van der Waals surface area contributed by atoms with E-state index in [9.17, 15) is 4.79 Å². The largest absolute Gasteiger partial charge is 0.429 e. The van der Waals surface area contributed by atoms with Crippen LogP contribution in [0.25, 0.3) is 0 Å². The van der Waals surface area contributed by atoms with Gasteiger partial charge in [-0.2, -0.15) is 9.36 Å². The van der Waals surface area contributed by atoms with Gasteiger partial charge in [0, 0.05) is 23.0 Å². The van der Waals surface area contributed by atoms with Crippen molar-refractivity contribution in [2.75, 3.05) is 0 Å². The molecule has 0 saturated heterocycles. The summed E-state index contributed by atoms with van der Waals surface area (Å²) < 4.78 is 10.5. The summed E-state index contributed by atoms with van der Waals surface area (Å²) in [4.78, 5) is 14.9. The second-order valence-corrected chi connectivity index (χ2v) is 5.55. The number of benzene rings is 1. The number of aromatic nitrogens is 2. The number of hydrogen-bond donors (Lipinski definition) is 0. The summed E-state index contributed by atoms with van der Waals surface area (Å²) >= 11 is 4.57. The van der Waals surface area contributed by atoms with Gasteiger partial charge in [0.25, 0.3) is 5.19 Å². The minimum atomic E-state index is 0.277. The lowest BCUT2D eigenvalue weighted by molar-refractivity contribution is 0.112. The van der Waals surface area contributed by atoms with Crippen LogP contribution in [0.15, 0.2) is 22.7 Å². The van der Waals surface area contributed by atoms with E-state index in [0.717, 1.165) is 12.1 Å². The topological polar surface area (TPSA) is 52.1 Å². The lowest BCUT2D eigenvalue weighted by atomic mass is 10.2. The fourth-order valence-electron chi connectivity index (χ4n) is 1.26.